The molecule has 2 heterocycles. The van der Waals surface area contributed by atoms with Gasteiger partial charge in [0.05, 0.1) is 12.2 Å². The molecule has 124 valence electrons. The highest BCUT2D eigenvalue weighted by Gasteiger charge is 2.20. The Morgan fingerprint density at radius 1 is 1.21 bits per heavy atom. The molecule has 0 saturated carbocycles. The molecule has 0 unspecified atom stereocenters. The number of nitrogens with zero attached hydrogens (tertiary/aromatic N) is 2. The number of pyridine rings is 1. The summed E-state index contributed by atoms with van der Waals surface area (Å²) in [5.41, 5.74) is 1.34. The minimum absolute atomic E-state index is 0.0815. The molecule has 3 rings (SSSR count). The number of amides is 2. The second-order valence-electron chi connectivity index (χ2n) is 5.24. The first-order valence-corrected chi connectivity index (χ1v) is 7.48. The van der Waals surface area contributed by atoms with Gasteiger partial charge in [-0.25, -0.2) is 0 Å². The number of carbonyl (C=O) groups excluding carboxylic acids is 2. The molecule has 0 atom stereocenters. The van der Waals surface area contributed by atoms with E-state index in [1.807, 2.05) is 18.2 Å². The molecule has 1 aromatic carbocycles. The summed E-state index contributed by atoms with van der Waals surface area (Å²) < 4.78 is 10.6. The van der Waals surface area contributed by atoms with Crippen LogP contribution in [0.1, 0.15) is 12.6 Å². The third-order valence-electron chi connectivity index (χ3n) is 3.54. The maximum Gasteiger partial charge on any atom is 0.240 e. The van der Waals surface area contributed by atoms with E-state index in [-0.39, 0.29) is 25.2 Å². The lowest BCUT2D eigenvalue weighted by Gasteiger charge is -2.21. The van der Waals surface area contributed by atoms with Crippen LogP contribution in [0.4, 0.5) is 5.69 Å². The van der Waals surface area contributed by atoms with Crippen LogP contribution in [0.15, 0.2) is 42.6 Å². The summed E-state index contributed by atoms with van der Waals surface area (Å²) in [5, 5.41) is 2.76. The highest BCUT2D eigenvalue weighted by atomic mass is 16.7. The van der Waals surface area contributed by atoms with Crippen molar-refractivity contribution >= 4 is 17.5 Å². The molecule has 2 amide bonds. The van der Waals surface area contributed by atoms with Gasteiger partial charge in [-0.3, -0.25) is 14.6 Å². The summed E-state index contributed by atoms with van der Waals surface area (Å²) in [4.78, 5) is 29.6. The monoisotopic (exact) mass is 327 g/mol. The number of anilines is 1. The fourth-order valence-corrected chi connectivity index (χ4v) is 2.33. The van der Waals surface area contributed by atoms with Crippen LogP contribution in [0.3, 0.4) is 0 Å². The van der Waals surface area contributed by atoms with E-state index in [4.69, 9.17) is 9.47 Å². The SMILES string of the molecule is CC(=O)N(CC(=O)NCc1ccccn1)c1ccc2c(c1)OCO2. The average molecular weight is 327 g/mol. The Kier molecular flexibility index (Phi) is 4.60. The largest absolute Gasteiger partial charge is 0.454 e. The van der Waals surface area contributed by atoms with E-state index in [9.17, 15) is 9.59 Å². The van der Waals surface area contributed by atoms with Gasteiger partial charge in [-0.15, -0.1) is 0 Å². The van der Waals surface area contributed by atoms with Crippen LogP contribution in [0.25, 0.3) is 0 Å². The standard InChI is InChI=1S/C17H17N3O4/c1-12(21)20(14-5-6-15-16(8-14)24-11-23-15)10-17(22)19-9-13-4-2-3-7-18-13/h2-8H,9-11H2,1H3,(H,19,22). The molecule has 24 heavy (non-hydrogen) atoms. The topological polar surface area (TPSA) is 80.8 Å². The molecular formula is C17H17N3O4. The van der Waals surface area contributed by atoms with Crippen LogP contribution in [0.5, 0.6) is 11.5 Å². The summed E-state index contributed by atoms with van der Waals surface area (Å²) in [6.07, 6.45) is 1.66. The van der Waals surface area contributed by atoms with Gasteiger partial charge in [0, 0.05) is 24.9 Å². The number of hydrogen-bond acceptors (Lipinski definition) is 5. The molecule has 2 aromatic rings. The van der Waals surface area contributed by atoms with Crippen LogP contribution >= 0.6 is 0 Å². The number of carbonyl (C=O) groups is 2. The van der Waals surface area contributed by atoms with Crippen LogP contribution in [0.2, 0.25) is 0 Å². The zero-order chi connectivity index (χ0) is 16.9. The average Bonchev–Trinajstić information content (AvgIpc) is 3.06. The molecule has 0 bridgehead atoms. The lowest BCUT2D eigenvalue weighted by molar-refractivity contribution is -0.123. The van der Waals surface area contributed by atoms with E-state index < -0.39 is 0 Å². The molecule has 0 saturated heterocycles. The molecule has 0 radical (unpaired) electrons. The number of nitrogens with one attached hydrogen (secondary N) is 1. The van der Waals surface area contributed by atoms with Crippen molar-refractivity contribution in [1.82, 2.24) is 10.3 Å². The second-order valence-corrected chi connectivity index (χ2v) is 5.24. The van der Waals surface area contributed by atoms with Gasteiger partial charge in [-0.1, -0.05) is 6.07 Å². The molecule has 1 N–H and O–H groups in total. The molecule has 0 fully saturated rings. The van der Waals surface area contributed by atoms with Gasteiger partial charge in [0.25, 0.3) is 0 Å². The van der Waals surface area contributed by atoms with Crippen molar-refractivity contribution in [3.63, 3.8) is 0 Å². The van der Waals surface area contributed by atoms with Crippen LogP contribution < -0.4 is 19.7 Å². The van der Waals surface area contributed by atoms with Crippen molar-refractivity contribution in [3.8, 4) is 11.5 Å². The molecule has 7 heteroatoms. The third-order valence-corrected chi connectivity index (χ3v) is 3.54. The first-order valence-electron chi connectivity index (χ1n) is 7.48. The number of fused-ring (bicyclic) bond motifs is 1. The van der Waals surface area contributed by atoms with Crippen LogP contribution in [-0.4, -0.2) is 30.1 Å². The van der Waals surface area contributed by atoms with Gasteiger partial charge in [0.15, 0.2) is 11.5 Å². The summed E-state index contributed by atoms with van der Waals surface area (Å²) in [5.74, 6) is 0.685. The summed E-state index contributed by atoms with van der Waals surface area (Å²) in [6.45, 7) is 1.80. The van der Waals surface area contributed by atoms with E-state index >= 15 is 0 Å². The van der Waals surface area contributed by atoms with E-state index in [1.165, 1.54) is 11.8 Å². The van der Waals surface area contributed by atoms with Gasteiger partial charge in [-0.05, 0) is 24.3 Å². The van der Waals surface area contributed by atoms with Crippen molar-refractivity contribution in [2.45, 2.75) is 13.5 Å². The van der Waals surface area contributed by atoms with Gasteiger partial charge < -0.3 is 19.7 Å². The maximum absolute atomic E-state index is 12.1. The van der Waals surface area contributed by atoms with Crippen molar-refractivity contribution in [1.29, 1.82) is 0 Å². The summed E-state index contributed by atoms with van der Waals surface area (Å²) >= 11 is 0. The van der Waals surface area contributed by atoms with E-state index in [0.29, 0.717) is 23.7 Å². The van der Waals surface area contributed by atoms with Gasteiger partial charge in [0.2, 0.25) is 18.6 Å². The number of benzene rings is 1. The Hall–Kier alpha value is -3.09. The molecular weight excluding hydrogens is 310 g/mol. The van der Waals surface area contributed by atoms with Crippen LogP contribution in [0, 0.1) is 0 Å². The maximum atomic E-state index is 12.1. The lowest BCUT2D eigenvalue weighted by Crippen LogP contribution is -2.39. The highest BCUT2D eigenvalue weighted by Crippen LogP contribution is 2.35. The van der Waals surface area contributed by atoms with Crippen molar-refractivity contribution in [2.24, 2.45) is 0 Å². The van der Waals surface area contributed by atoms with E-state index in [0.717, 1.165) is 5.69 Å². The zero-order valence-electron chi connectivity index (χ0n) is 13.2. The second kappa shape index (κ2) is 6.99. The molecule has 0 spiro atoms. The quantitative estimate of drug-likeness (QED) is 0.900. The van der Waals surface area contributed by atoms with Gasteiger partial charge in [-0.2, -0.15) is 0 Å². The summed E-state index contributed by atoms with van der Waals surface area (Å²) in [7, 11) is 0. The fourth-order valence-electron chi connectivity index (χ4n) is 2.33. The van der Waals surface area contributed by atoms with Gasteiger partial charge >= 0.3 is 0 Å². The predicted octanol–water partition coefficient (Wildman–Crippen LogP) is 1.48. The highest BCUT2D eigenvalue weighted by molar-refractivity contribution is 5.97. The molecule has 7 nitrogen and oxygen atoms in total. The first kappa shape index (κ1) is 15.8. The van der Waals surface area contributed by atoms with Crippen molar-refractivity contribution in [2.75, 3.05) is 18.2 Å². The number of ether oxygens (including phenoxy) is 2. The first-order chi connectivity index (χ1) is 11.6. The predicted molar refractivity (Wildman–Crippen MR) is 86.7 cm³/mol. The normalized spacial score (nSPS) is 11.9. The zero-order valence-corrected chi connectivity index (χ0v) is 13.2. The Morgan fingerprint density at radius 2 is 2.04 bits per heavy atom. The van der Waals surface area contributed by atoms with Gasteiger partial charge in [0.1, 0.15) is 6.54 Å². The van der Waals surface area contributed by atoms with E-state index in [2.05, 4.69) is 10.3 Å². The Bertz CT molecular complexity index is 749. The number of rotatable bonds is 5. The Labute approximate surface area is 139 Å². The number of hydrogen-bond donors (Lipinski definition) is 1. The number of aromatic nitrogens is 1. The smallest absolute Gasteiger partial charge is 0.240 e. The molecule has 1 aliphatic heterocycles. The third kappa shape index (κ3) is 3.62. The molecule has 1 aliphatic rings. The fraction of sp³-hybridized carbons (Fsp3) is 0.235. The van der Waals surface area contributed by atoms with Crippen LogP contribution in [-0.2, 0) is 16.1 Å². The Balaban J connectivity index is 1.65. The minimum Gasteiger partial charge on any atom is -0.454 e. The lowest BCUT2D eigenvalue weighted by atomic mass is 10.2. The van der Waals surface area contributed by atoms with E-state index in [1.54, 1.807) is 24.4 Å². The van der Waals surface area contributed by atoms with Crippen molar-refractivity contribution < 1.29 is 19.1 Å². The minimum atomic E-state index is -0.270. The molecule has 1 aromatic heterocycles. The molecule has 0 aliphatic carbocycles. The van der Waals surface area contributed by atoms with Crippen molar-refractivity contribution in [3.05, 3.63) is 48.3 Å². The summed E-state index contributed by atoms with van der Waals surface area (Å²) in [6, 6.07) is 10.6. The Morgan fingerprint density at radius 3 is 2.79 bits per heavy atom.